The van der Waals surface area contributed by atoms with E-state index in [9.17, 15) is 4.79 Å². The zero-order valence-corrected chi connectivity index (χ0v) is 10.8. The fourth-order valence-corrected chi connectivity index (χ4v) is 2.30. The van der Waals surface area contributed by atoms with Gasteiger partial charge in [0.15, 0.2) is 0 Å². The standard InChI is InChI=1S/C13H20N2O2/c1-4-11-12(10(3)17-14-11)13(16)15-7-5-9(2)6-8-15/h9H,4-8H2,1-3H3. The zero-order chi connectivity index (χ0) is 12.4. The Balaban J connectivity index is 2.16. The molecule has 1 amide bonds. The molecule has 0 atom stereocenters. The van der Waals surface area contributed by atoms with Crippen LogP contribution in [0.4, 0.5) is 0 Å². The first-order chi connectivity index (χ1) is 8.13. The highest BCUT2D eigenvalue weighted by atomic mass is 16.5. The minimum absolute atomic E-state index is 0.0903. The molecule has 1 fully saturated rings. The van der Waals surface area contributed by atoms with Crippen LogP contribution in [0, 0.1) is 12.8 Å². The molecular weight excluding hydrogens is 216 g/mol. The maximum atomic E-state index is 12.4. The first-order valence-electron chi connectivity index (χ1n) is 6.37. The fourth-order valence-electron chi connectivity index (χ4n) is 2.30. The lowest BCUT2D eigenvalue weighted by Crippen LogP contribution is -2.38. The predicted molar refractivity (Wildman–Crippen MR) is 64.9 cm³/mol. The molecule has 2 heterocycles. The summed E-state index contributed by atoms with van der Waals surface area (Å²) < 4.78 is 5.12. The molecule has 1 aliphatic heterocycles. The summed E-state index contributed by atoms with van der Waals surface area (Å²) in [5, 5.41) is 3.94. The number of piperidine rings is 1. The van der Waals surface area contributed by atoms with Gasteiger partial charge in [-0.15, -0.1) is 0 Å². The average molecular weight is 236 g/mol. The maximum Gasteiger partial charge on any atom is 0.259 e. The number of hydrogen-bond acceptors (Lipinski definition) is 3. The topological polar surface area (TPSA) is 46.3 Å². The van der Waals surface area contributed by atoms with Crippen LogP contribution in [0.2, 0.25) is 0 Å². The van der Waals surface area contributed by atoms with Gasteiger partial charge in [-0.2, -0.15) is 0 Å². The van der Waals surface area contributed by atoms with Crippen molar-refractivity contribution in [2.75, 3.05) is 13.1 Å². The van der Waals surface area contributed by atoms with E-state index in [0.29, 0.717) is 11.3 Å². The van der Waals surface area contributed by atoms with E-state index in [1.165, 1.54) is 0 Å². The smallest absolute Gasteiger partial charge is 0.259 e. The largest absolute Gasteiger partial charge is 0.361 e. The van der Waals surface area contributed by atoms with Crippen molar-refractivity contribution in [3.05, 3.63) is 17.0 Å². The second-order valence-corrected chi connectivity index (χ2v) is 4.89. The van der Waals surface area contributed by atoms with Crippen LogP contribution in [-0.4, -0.2) is 29.1 Å². The molecule has 1 aromatic heterocycles. The number of nitrogens with zero attached hydrogens (tertiary/aromatic N) is 2. The molecule has 1 aliphatic rings. The van der Waals surface area contributed by atoms with Crippen molar-refractivity contribution in [2.24, 2.45) is 5.92 Å². The van der Waals surface area contributed by atoms with E-state index in [0.717, 1.165) is 44.0 Å². The van der Waals surface area contributed by atoms with Crippen LogP contribution in [0.15, 0.2) is 4.52 Å². The summed E-state index contributed by atoms with van der Waals surface area (Å²) in [6, 6.07) is 0. The van der Waals surface area contributed by atoms with Crippen molar-refractivity contribution in [1.82, 2.24) is 10.1 Å². The Bertz CT molecular complexity index is 404. The van der Waals surface area contributed by atoms with E-state index in [4.69, 9.17) is 4.52 Å². The molecular formula is C13H20N2O2. The van der Waals surface area contributed by atoms with Gasteiger partial charge in [-0.3, -0.25) is 4.79 Å². The molecule has 0 radical (unpaired) electrons. The second-order valence-electron chi connectivity index (χ2n) is 4.89. The van der Waals surface area contributed by atoms with Crippen LogP contribution in [-0.2, 0) is 6.42 Å². The lowest BCUT2D eigenvalue weighted by atomic mass is 9.98. The van der Waals surface area contributed by atoms with Crippen LogP contribution < -0.4 is 0 Å². The van der Waals surface area contributed by atoms with Gasteiger partial charge < -0.3 is 9.42 Å². The van der Waals surface area contributed by atoms with Gasteiger partial charge >= 0.3 is 0 Å². The summed E-state index contributed by atoms with van der Waals surface area (Å²) in [7, 11) is 0. The molecule has 94 valence electrons. The van der Waals surface area contributed by atoms with Crippen LogP contribution in [0.1, 0.15) is 48.5 Å². The highest BCUT2D eigenvalue weighted by Gasteiger charge is 2.26. The SMILES string of the molecule is CCc1noc(C)c1C(=O)N1CCC(C)CC1. The van der Waals surface area contributed by atoms with Gasteiger partial charge in [0.1, 0.15) is 11.3 Å². The lowest BCUT2D eigenvalue weighted by molar-refractivity contribution is 0.0694. The summed E-state index contributed by atoms with van der Waals surface area (Å²) >= 11 is 0. The second kappa shape index (κ2) is 4.90. The highest BCUT2D eigenvalue weighted by Crippen LogP contribution is 2.21. The molecule has 17 heavy (non-hydrogen) atoms. The van der Waals surface area contributed by atoms with Gasteiger partial charge in [-0.1, -0.05) is 19.0 Å². The molecule has 4 heteroatoms. The maximum absolute atomic E-state index is 12.4. The summed E-state index contributed by atoms with van der Waals surface area (Å²) in [6.45, 7) is 7.75. The Labute approximate surface area is 102 Å². The molecule has 2 rings (SSSR count). The summed E-state index contributed by atoms with van der Waals surface area (Å²) in [4.78, 5) is 14.3. The molecule has 0 aromatic carbocycles. The Kier molecular flexibility index (Phi) is 3.50. The number of carbonyl (C=O) groups is 1. The first kappa shape index (κ1) is 12.1. The third-order valence-electron chi connectivity index (χ3n) is 3.55. The predicted octanol–water partition coefficient (Wildman–Crippen LogP) is 2.42. The van der Waals surface area contributed by atoms with Crippen molar-refractivity contribution in [3.63, 3.8) is 0 Å². The monoisotopic (exact) mass is 236 g/mol. The third-order valence-corrected chi connectivity index (χ3v) is 3.55. The average Bonchev–Trinajstić information content (AvgIpc) is 2.70. The minimum atomic E-state index is 0.0903. The Morgan fingerprint density at radius 2 is 2.12 bits per heavy atom. The van der Waals surface area contributed by atoms with E-state index >= 15 is 0 Å². The van der Waals surface area contributed by atoms with Crippen molar-refractivity contribution in [3.8, 4) is 0 Å². The Hall–Kier alpha value is -1.32. The van der Waals surface area contributed by atoms with Gasteiger partial charge in [0.2, 0.25) is 0 Å². The first-order valence-corrected chi connectivity index (χ1v) is 6.37. The zero-order valence-electron chi connectivity index (χ0n) is 10.8. The Morgan fingerprint density at radius 3 is 2.71 bits per heavy atom. The molecule has 0 spiro atoms. The highest BCUT2D eigenvalue weighted by molar-refractivity contribution is 5.96. The van der Waals surface area contributed by atoms with E-state index in [-0.39, 0.29) is 5.91 Å². The molecule has 0 unspecified atom stereocenters. The normalized spacial score (nSPS) is 17.5. The molecule has 1 saturated heterocycles. The molecule has 0 saturated carbocycles. The number of amides is 1. The minimum Gasteiger partial charge on any atom is -0.361 e. The van der Waals surface area contributed by atoms with Crippen molar-refractivity contribution < 1.29 is 9.32 Å². The molecule has 0 aliphatic carbocycles. The van der Waals surface area contributed by atoms with Crippen LogP contribution in [0.25, 0.3) is 0 Å². The van der Waals surface area contributed by atoms with Gasteiger partial charge in [0, 0.05) is 13.1 Å². The molecule has 4 nitrogen and oxygen atoms in total. The van der Waals surface area contributed by atoms with Crippen LogP contribution in [0.3, 0.4) is 0 Å². The van der Waals surface area contributed by atoms with Gasteiger partial charge in [-0.05, 0) is 32.1 Å². The number of carbonyl (C=O) groups excluding carboxylic acids is 1. The quantitative estimate of drug-likeness (QED) is 0.792. The summed E-state index contributed by atoms with van der Waals surface area (Å²) in [5.74, 6) is 1.46. The summed E-state index contributed by atoms with van der Waals surface area (Å²) in [5.41, 5.74) is 1.47. The van der Waals surface area contributed by atoms with Crippen molar-refractivity contribution in [1.29, 1.82) is 0 Å². The van der Waals surface area contributed by atoms with E-state index in [1.54, 1.807) is 0 Å². The number of rotatable bonds is 2. The van der Waals surface area contributed by atoms with Gasteiger partial charge in [0.05, 0.1) is 5.69 Å². The van der Waals surface area contributed by atoms with E-state index in [1.807, 2.05) is 18.7 Å². The van der Waals surface area contributed by atoms with E-state index < -0.39 is 0 Å². The lowest BCUT2D eigenvalue weighted by Gasteiger charge is -2.30. The number of likely N-dealkylation sites (tertiary alicyclic amines) is 1. The van der Waals surface area contributed by atoms with Crippen LogP contribution >= 0.6 is 0 Å². The fraction of sp³-hybridized carbons (Fsp3) is 0.692. The molecule has 0 bridgehead atoms. The number of aromatic nitrogens is 1. The van der Waals surface area contributed by atoms with Gasteiger partial charge in [-0.25, -0.2) is 0 Å². The molecule has 1 aromatic rings. The third kappa shape index (κ3) is 2.35. The Morgan fingerprint density at radius 1 is 1.47 bits per heavy atom. The number of aryl methyl sites for hydroxylation is 2. The van der Waals surface area contributed by atoms with Crippen molar-refractivity contribution in [2.45, 2.75) is 40.0 Å². The van der Waals surface area contributed by atoms with Gasteiger partial charge in [0.25, 0.3) is 5.91 Å². The van der Waals surface area contributed by atoms with E-state index in [2.05, 4.69) is 12.1 Å². The van der Waals surface area contributed by atoms with Crippen LogP contribution in [0.5, 0.6) is 0 Å². The molecule has 0 N–H and O–H groups in total. The van der Waals surface area contributed by atoms with Crippen molar-refractivity contribution >= 4 is 5.91 Å². The summed E-state index contributed by atoms with van der Waals surface area (Å²) in [6.07, 6.45) is 2.93. The number of hydrogen-bond donors (Lipinski definition) is 0.